The van der Waals surface area contributed by atoms with Crippen LogP contribution in [0.3, 0.4) is 0 Å². The zero-order valence-corrected chi connectivity index (χ0v) is 10.6. The molecule has 1 fully saturated rings. The van der Waals surface area contributed by atoms with Crippen LogP contribution in [0.25, 0.3) is 0 Å². The van der Waals surface area contributed by atoms with Gasteiger partial charge in [-0.05, 0) is 38.3 Å². The first-order valence-electron chi connectivity index (χ1n) is 6.66. The lowest BCUT2D eigenvalue weighted by molar-refractivity contribution is -0.122. The second kappa shape index (κ2) is 7.10. The predicted molar refractivity (Wildman–Crippen MR) is 67.9 cm³/mol. The normalized spacial score (nSPS) is 19.7. The highest BCUT2D eigenvalue weighted by Crippen LogP contribution is 2.13. The van der Waals surface area contributed by atoms with E-state index in [9.17, 15) is 4.79 Å². The van der Waals surface area contributed by atoms with Crippen LogP contribution in [0, 0.1) is 5.92 Å². The smallest absolute Gasteiger partial charge is 0.220 e. The summed E-state index contributed by atoms with van der Waals surface area (Å²) in [5, 5.41) is 13.9. The van der Waals surface area contributed by atoms with Gasteiger partial charge in [-0.15, -0.1) is 5.10 Å². The molecule has 2 rings (SSSR count). The van der Waals surface area contributed by atoms with Crippen molar-refractivity contribution >= 4 is 5.91 Å². The minimum absolute atomic E-state index is 0.169. The fourth-order valence-electron chi connectivity index (χ4n) is 2.25. The molecule has 18 heavy (non-hydrogen) atoms. The van der Waals surface area contributed by atoms with Gasteiger partial charge >= 0.3 is 0 Å². The van der Waals surface area contributed by atoms with Gasteiger partial charge in [0, 0.05) is 25.7 Å². The first kappa shape index (κ1) is 13.0. The minimum atomic E-state index is 0.169. The Hall–Kier alpha value is -1.43. The third-order valence-electron chi connectivity index (χ3n) is 3.23. The van der Waals surface area contributed by atoms with Crippen molar-refractivity contribution in [2.24, 2.45) is 5.92 Å². The number of rotatable bonds is 6. The number of aromatic nitrogens is 3. The molecule has 0 aromatic carbocycles. The first-order chi connectivity index (χ1) is 8.84. The van der Waals surface area contributed by atoms with Gasteiger partial charge in [0.25, 0.3) is 0 Å². The van der Waals surface area contributed by atoms with Crippen molar-refractivity contribution in [2.75, 3.05) is 19.6 Å². The largest absolute Gasteiger partial charge is 0.356 e. The van der Waals surface area contributed by atoms with E-state index in [0.29, 0.717) is 18.9 Å². The predicted octanol–water partition coefficient (Wildman–Crippen LogP) is 0.174. The summed E-state index contributed by atoms with van der Waals surface area (Å²) >= 11 is 0. The molecule has 2 N–H and O–H groups in total. The summed E-state index contributed by atoms with van der Waals surface area (Å²) in [5.74, 6) is 0.677. The average molecular weight is 251 g/mol. The van der Waals surface area contributed by atoms with Gasteiger partial charge in [0.05, 0.1) is 6.20 Å². The molecule has 1 unspecified atom stereocenters. The first-order valence-corrected chi connectivity index (χ1v) is 6.66. The molecular formula is C12H21N5O. The van der Waals surface area contributed by atoms with Crippen LogP contribution in [0.1, 0.15) is 25.7 Å². The summed E-state index contributed by atoms with van der Waals surface area (Å²) in [7, 11) is 0. The lowest BCUT2D eigenvalue weighted by atomic mass is 9.96. The van der Waals surface area contributed by atoms with E-state index in [2.05, 4.69) is 20.9 Å². The number of aryl methyl sites for hydroxylation is 1. The van der Waals surface area contributed by atoms with E-state index >= 15 is 0 Å². The molecule has 1 aromatic rings. The SMILES string of the molecule is O=C(CC1CCCNC1)NCCCn1ccnn1. The zero-order chi connectivity index (χ0) is 12.6. The van der Waals surface area contributed by atoms with Crippen molar-refractivity contribution in [1.82, 2.24) is 25.6 Å². The number of piperidine rings is 1. The van der Waals surface area contributed by atoms with Crippen LogP contribution in [0.15, 0.2) is 12.4 Å². The van der Waals surface area contributed by atoms with Gasteiger partial charge in [0.15, 0.2) is 0 Å². The highest BCUT2D eigenvalue weighted by Gasteiger charge is 2.16. The molecule has 2 heterocycles. The molecule has 6 nitrogen and oxygen atoms in total. The van der Waals surface area contributed by atoms with Crippen molar-refractivity contribution in [3.8, 4) is 0 Å². The van der Waals surface area contributed by atoms with E-state index in [1.54, 1.807) is 10.9 Å². The van der Waals surface area contributed by atoms with Crippen LogP contribution in [0.4, 0.5) is 0 Å². The van der Waals surface area contributed by atoms with Crippen LogP contribution in [0.2, 0.25) is 0 Å². The fraction of sp³-hybridized carbons (Fsp3) is 0.750. The Kier molecular flexibility index (Phi) is 5.14. The van der Waals surface area contributed by atoms with E-state index in [1.165, 1.54) is 12.8 Å². The Morgan fingerprint density at radius 1 is 1.56 bits per heavy atom. The molecule has 1 aliphatic rings. The van der Waals surface area contributed by atoms with Crippen LogP contribution < -0.4 is 10.6 Å². The lowest BCUT2D eigenvalue weighted by Crippen LogP contribution is -2.34. The van der Waals surface area contributed by atoms with Crippen LogP contribution in [0.5, 0.6) is 0 Å². The molecule has 1 aliphatic heterocycles. The Balaban J connectivity index is 1.54. The second-order valence-electron chi connectivity index (χ2n) is 4.79. The van der Waals surface area contributed by atoms with Crippen molar-refractivity contribution in [3.05, 3.63) is 12.4 Å². The summed E-state index contributed by atoms with van der Waals surface area (Å²) in [6.07, 6.45) is 7.38. The van der Waals surface area contributed by atoms with Crippen LogP contribution in [-0.4, -0.2) is 40.5 Å². The van der Waals surface area contributed by atoms with E-state index < -0.39 is 0 Å². The summed E-state index contributed by atoms with van der Waals surface area (Å²) < 4.78 is 1.78. The van der Waals surface area contributed by atoms with Crippen molar-refractivity contribution in [3.63, 3.8) is 0 Å². The van der Waals surface area contributed by atoms with Gasteiger partial charge < -0.3 is 10.6 Å². The Bertz CT molecular complexity index is 345. The highest BCUT2D eigenvalue weighted by molar-refractivity contribution is 5.76. The standard InChI is InChI=1S/C12H21N5O/c18-12(9-11-3-1-4-13-10-11)14-5-2-7-17-8-6-15-16-17/h6,8,11,13H,1-5,7,9-10H2,(H,14,18). The molecule has 0 saturated carbocycles. The molecule has 1 amide bonds. The topological polar surface area (TPSA) is 71.8 Å². The summed E-state index contributed by atoms with van der Waals surface area (Å²) in [4.78, 5) is 11.7. The van der Waals surface area contributed by atoms with E-state index in [1.807, 2.05) is 6.20 Å². The van der Waals surface area contributed by atoms with E-state index in [0.717, 1.165) is 26.1 Å². The van der Waals surface area contributed by atoms with E-state index in [-0.39, 0.29) is 5.91 Å². The molecular weight excluding hydrogens is 230 g/mol. The fourth-order valence-corrected chi connectivity index (χ4v) is 2.25. The van der Waals surface area contributed by atoms with Crippen molar-refractivity contribution in [2.45, 2.75) is 32.2 Å². The summed E-state index contributed by atoms with van der Waals surface area (Å²) in [6.45, 7) is 3.58. The van der Waals surface area contributed by atoms with Gasteiger partial charge in [-0.25, -0.2) is 0 Å². The third-order valence-corrected chi connectivity index (χ3v) is 3.23. The van der Waals surface area contributed by atoms with Gasteiger partial charge in [-0.1, -0.05) is 5.21 Å². The van der Waals surface area contributed by atoms with Crippen LogP contribution >= 0.6 is 0 Å². The Labute approximate surface area is 107 Å². The van der Waals surface area contributed by atoms with Gasteiger partial charge in [-0.2, -0.15) is 0 Å². The molecule has 6 heteroatoms. The summed E-state index contributed by atoms with van der Waals surface area (Å²) in [5.41, 5.74) is 0. The number of hydrogen-bond donors (Lipinski definition) is 2. The zero-order valence-electron chi connectivity index (χ0n) is 10.6. The molecule has 0 radical (unpaired) electrons. The number of nitrogens with zero attached hydrogens (tertiary/aromatic N) is 3. The van der Waals surface area contributed by atoms with Crippen LogP contribution in [-0.2, 0) is 11.3 Å². The number of nitrogens with one attached hydrogen (secondary N) is 2. The highest BCUT2D eigenvalue weighted by atomic mass is 16.1. The molecule has 0 bridgehead atoms. The maximum absolute atomic E-state index is 11.7. The summed E-state index contributed by atoms with van der Waals surface area (Å²) in [6, 6.07) is 0. The number of carbonyl (C=O) groups is 1. The van der Waals surface area contributed by atoms with Gasteiger partial charge in [0.2, 0.25) is 5.91 Å². The minimum Gasteiger partial charge on any atom is -0.356 e. The third kappa shape index (κ3) is 4.44. The molecule has 0 aliphatic carbocycles. The monoisotopic (exact) mass is 251 g/mol. The molecule has 100 valence electrons. The second-order valence-corrected chi connectivity index (χ2v) is 4.79. The molecule has 0 spiro atoms. The molecule has 1 atom stereocenters. The van der Waals surface area contributed by atoms with E-state index in [4.69, 9.17) is 0 Å². The van der Waals surface area contributed by atoms with Crippen molar-refractivity contribution < 1.29 is 4.79 Å². The Morgan fingerprint density at radius 2 is 2.50 bits per heavy atom. The number of hydrogen-bond acceptors (Lipinski definition) is 4. The van der Waals surface area contributed by atoms with Crippen molar-refractivity contribution in [1.29, 1.82) is 0 Å². The average Bonchev–Trinajstić information content (AvgIpc) is 2.89. The maximum atomic E-state index is 11.7. The lowest BCUT2D eigenvalue weighted by Gasteiger charge is -2.22. The quantitative estimate of drug-likeness (QED) is 0.707. The Morgan fingerprint density at radius 3 is 3.22 bits per heavy atom. The van der Waals surface area contributed by atoms with Gasteiger partial charge in [-0.3, -0.25) is 9.48 Å². The van der Waals surface area contributed by atoms with Gasteiger partial charge in [0.1, 0.15) is 0 Å². The number of amides is 1. The molecule has 1 aromatic heterocycles. The molecule has 1 saturated heterocycles. The number of carbonyl (C=O) groups excluding carboxylic acids is 1. The maximum Gasteiger partial charge on any atom is 0.220 e.